The van der Waals surface area contributed by atoms with Crippen LogP contribution in [0.15, 0.2) is 0 Å². The first kappa shape index (κ1) is 10.3. The van der Waals surface area contributed by atoms with E-state index < -0.39 is 0 Å². The van der Waals surface area contributed by atoms with Gasteiger partial charge in [-0.25, -0.2) is 4.79 Å². The number of nitrogens with zero attached hydrogens (tertiary/aromatic N) is 2. The van der Waals surface area contributed by atoms with Crippen molar-refractivity contribution in [3.8, 4) is 0 Å². The molecule has 2 amide bonds. The van der Waals surface area contributed by atoms with Crippen LogP contribution in [0.5, 0.6) is 0 Å². The maximum absolute atomic E-state index is 11.3. The van der Waals surface area contributed by atoms with Crippen molar-refractivity contribution in [2.45, 2.75) is 6.10 Å². The second-order valence-electron chi connectivity index (χ2n) is 3.36. The lowest BCUT2D eigenvalue weighted by Gasteiger charge is -2.40. The minimum Gasteiger partial charge on any atom is -0.373 e. The Hall–Kier alpha value is -0.810. The fourth-order valence-electron chi connectivity index (χ4n) is 1.22. The number of likely N-dealkylation sites (tertiary alicyclic amines) is 1. The van der Waals surface area contributed by atoms with Crippen molar-refractivity contribution in [2.24, 2.45) is 5.73 Å². The highest BCUT2D eigenvalue weighted by molar-refractivity contribution is 5.74. The zero-order valence-corrected chi connectivity index (χ0v) is 8.19. The third-order valence-corrected chi connectivity index (χ3v) is 1.97. The van der Waals surface area contributed by atoms with Crippen LogP contribution in [0.3, 0.4) is 0 Å². The number of amides is 2. The summed E-state index contributed by atoms with van der Waals surface area (Å²) in [6.07, 6.45) is 0.187. The Kier molecular flexibility index (Phi) is 3.50. The molecule has 0 radical (unpaired) electrons. The van der Waals surface area contributed by atoms with Crippen molar-refractivity contribution >= 4 is 6.03 Å². The highest BCUT2D eigenvalue weighted by atomic mass is 16.5. The van der Waals surface area contributed by atoms with Crippen LogP contribution >= 0.6 is 0 Å². The van der Waals surface area contributed by atoms with Crippen molar-refractivity contribution < 1.29 is 9.53 Å². The predicted octanol–water partition coefficient (Wildman–Crippen LogP) is -0.672. The largest absolute Gasteiger partial charge is 0.373 e. The topological polar surface area (TPSA) is 58.8 Å². The van der Waals surface area contributed by atoms with Crippen molar-refractivity contribution in [3.05, 3.63) is 0 Å². The molecule has 0 saturated carbocycles. The lowest BCUT2D eigenvalue weighted by Crippen LogP contribution is -2.57. The van der Waals surface area contributed by atoms with Crippen molar-refractivity contribution in [2.75, 3.05) is 40.3 Å². The van der Waals surface area contributed by atoms with Crippen LogP contribution in [0.2, 0.25) is 0 Å². The van der Waals surface area contributed by atoms with Crippen LogP contribution in [0.4, 0.5) is 4.79 Å². The van der Waals surface area contributed by atoms with E-state index in [1.54, 1.807) is 23.9 Å². The van der Waals surface area contributed by atoms with Gasteiger partial charge in [-0.2, -0.15) is 0 Å². The first-order chi connectivity index (χ1) is 6.15. The van der Waals surface area contributed by atoms with Crippen molar-refractivity contribution in [1.82, 2.24) is 9.80 Å². The molecule has 1 fully saturated rings. The smallest absolute Gasteiger partial charge is 0.319 e. The molecule has 0 aromatic carbocycles. The van der Waals surface area contributed by atoms with Gasteiger partial charge in [0.05, 0.1) is 25.8 Å². The molecule has 1 aliphatic rings. The molecule has 0 aromatic rings. The third kappa shape index (κ3) is 2.57. The minimum absolute atomic E-state index is 0.0487. The number of carbonyl (C=O) groups is 1. The number of ether oxygens (including phenoxy) is 1. The number of rotatable bonds is 3. The van der Waals surface area contributed by atoms with E-state index in [1.807, 2.05) is 0 Å². The van der Waals surface area contributed by atoms with Crippen LogP contribution < -0.4 is 5.73 Å². The van der Waals surface area contributed by atoms with Crippen LogP contribution in [0.1, 0.15) is 0 Å². The molecular weight excluding hydrogens is 170 g/mol. The summed E-state index contributed by atoms with van der Waals surface area (Å²) in [7, 11) is 3.49. The molecule has 0 atom stereocenters. The van der Waals surface area contributed by atoms with Crippen molar-refractivity contribution in [1.29, 1.82) is 0 Å². The molecule has 2 N–H and O–H groups in total. The fourth-order valence-corrected chi connectivity index (χ4v) is 1.22. The molecule has 1 aliphatic heterocycles. The highest BCUT2D eigenvalue weighted by Crippen LogP contribution is 2.12. The molecule has 13 heavy (non-hydrogen) atoms. The monoisotopic (exact) mass is 187 g/mol. The molecule has 1 rings (SSSR count). The average Bonchev–Trinajstić information content (AvgIpc) is 2.01. The molecule has 5 nitrogen and oxygen atoms in total. The van der Waals surface area contributed by atoms with E-state index in [2.05, 4.69) is 0 Å². The van der Waals surface area contributed by atoms with Gasteiger partial charge >= 0.3 is 6.03 Å². The molecule has 0 spiro atoms. The summed E-state index contributed by atoms with van der Waals surface area (Å²) in [5, 5.41) is 0. The predicted molar refractivity (Wildman–Crippen MR) is 49.5 cm³/mol. The summed E-state index contributed by atoms with van der Waals surface area (Å²) in [5.41, 5.74) is 5.28. The molecule has 76 valence electrons. The Labute approximate surface area is 78.4 Å². The lowest BCUT2D eigenvalue weighted by molar-refractivity contribution is -0.0361. The second kappa shape index (κ2) is 4.43. The van der Waals surface area contributed by atoms with Gasteiger partial charge in [-0.3, -0.25) is 0 Å². The molecule has 1 heterocycles. The average molecular weight is 187 g/mol. The van der Waals surface area contributed by atoms with E-state index in [1.165, 1.54) is 0 Å². The third-order valence-electron chi connectivity index (χ3n) is 1.97. The van der Waals surface area contributed by atoms with E-state index in [0.717, 1.165) is 0 Å². The van der Waals surface area contributed by atoms with E-state index in [9.17, 15) is 4.79 Å². The van der Waals surface area contributed by atoms with Crippen LogP contribution in [-0.4, -0.2) is 62.3 Å². The van der Waals surface area contributed by atoms with E-state index >= 15 is 0 Å². The van der Waals surface area contributed by atoms with E-state index in [0.29, 0.717) is 26.2 Å². The second-order valence-corrected chi connectivity index (χ2v) is 3.36. The summed E-state index contributed by atoms with van der Waals surface area (Å²) in [6.45, 7) is 2.50. The van der Waals surface area contributed by atoms with Gasteiger partial charge in [0.1, 0.15) is 0 Å². The van der Waals surface area contributed by atoms with Gasteiger partial charge in [-0.1, -0.05) is 0 Å². The summed E-state index contributed by atoms with van der Waals surface area (Å²) in [5.74, 6) is 0. The Balaban J connectivity index is 2.14. The highest BCUT2D eigenvalue weighted by Gasteiger charge is 2.31. The van der Waals surface area contributed by atoms with Gasteiger partial charge in [0, 0.05) is 20.6 Å². The van der Waals surface area contributed by atoms with Gasteiger partial charge in [0.25, 0.3) is 0 Å². The van der Waals surface area contributed by atoms with Crippen LogP contribution in [-0.2, 0) is 4.74 Å². The number of urea groups is 1. The fraction of sp³-hybridized carbons (Fsp3) is 0.875. The summed E-state index contributed by atoms with van der Waals surface area (Å²) in [4.78, 5) is 14.6. The summed E-state index contributed by atoms with van der Waals surface area (Å²) in [6, 6.07) is 0.0487. The number of hydrogen-bond acceptors (Lipinski definition) is 3. The van der Waals surface area contributed by atoms with Crippen molar-refractivity contribution in [3.63, 3.8) is 0 Å². The molecule has 5 heteroatoms. The molecule has 0 aromatic heterocycles. The first-order valence-corrected chi connectivity index (χ1v) is 4.43. The van der Waals surface area contributed by atoms with Crippen LogP contribution in [0, 0.1) is 0 Å². The molecule has 0 aliphatic carbocycles. The SMILES string of the molecule is CN(C)C(=O)N1CC(OCCN)C1. The Morgan fingerprint density at radius 1 is 1.62 bits per heavy atom. The number of carbonyl (C=O) groups excluding carboxylic acids is 1. The zero-order valence-electron chi connectivity index (χ0n) is 8.19. The van der Waals surface area contributed by atoms with Gasteiger partial charge < -0.3 is 20.3 Å². The van der Waals surface area contributed by atoms with E-state index in [-0.39, 0.29) is 12.1 Å². The molecule has 0 bridgehead atoms. The first-order valence-electron chi connectivity index (χ1n) is 4.43. The summed E-state index contributed by atoms with van der Waals surface area (Å²) < 4.78 is 5.35. The molecule has 0 unspecified atom stereocenters. The quantitative estimate of drug-likeness (QED) is 0.637. The normalized spacial score (nSPS) is 17.0. The van der Waals surface area contributed by atoms with Gasteiger partial charge in [0.15, 0.2) is 0 Å². The Morgan fingerprint density at radius 3 is 2.69 bits per heavy atom. The van der Waals surface area contributed by atoms with Crippen LogP contribution in [0.25, 0.3) is 0 Å². The Bertz CT molecular complexity index is 178. The number of nitrogens with two attached hydrogens (primary N) is 1. The molecular formula is C8H17N3O2. The zero-order chi connectivity index (χ0) is 9.84. The van der Waals surface area contributed by atoms with Gasteiger partial charge in [-0.15, -0.1) is 0 Å². The number of hydrogen-bond donors (Lipinski definition) is 1. The minimum atomic E-state index is 0.0487. The van der Waals surface area contributed by atoms with E-state index in [4.69, 9.17) is 10.5 Å². The van der Waals surface area contributed by atoms with Gasteiger partial charge in [0.2, 0.25) is 0 Å². The van der Waals surface area contributed by atoms with Gasteiger partial charge in [-0.05, 0) is 0 Å². The maximum atomic E-state index is 11.3. The lowest BCUT2D eigenvalue weighted by atomic mass is 10.2. The summed E-state index contributed by atoms with van der Waals surface area (Å²) >= 11 is 0. The Morgan fingerprint density at radius 2 is 2.23 bits per heavy atom. The maximum Gasteiger partial charge on any atom is 0.319 e. The molecule has 1 saturated heterocycles. The standard InChI is InChI=1S/C8H17N3O2/c1-10(2)8(12)11-5-7(6-11)13-4-3-9/h7H,3-6,9H2,1-2H3.